The van der Waals surface area contributed by atoms with Crippen molar-refractivity contribution in [2.45, 2.75) is 117 Å². The van der Waals surface area contributed by atoms with Crippen molar-refractivity contribution in [1.29, 1.82) is 0 Å². The SMILES string of the molecule is CCCCOC(=O)C1([C@H](O)C=C[C@H](C)[C@H]2CC[C@H]3C(=CC=C4C[C@@H](O)C(C)[C@H](O)C4)CCC[C@]23C)CC1. The first-order valence-electron chi connectivity index (χ1n) is 14.9. The summed E-state index contributed by atoms with van der Waals surface area (Å²) in [5, 5.41) is 31.5. The second-order valence-electron chi connectivity index (χ2n) is 12.9. The highest BCUT2D eigenvalue weighted by atomic mass is 16.5. The Hall–Kier alpha value is -1.43. The summed E-state index contributed by atoms with van der Waals surface area (Å²) in [4.78, 5) is 12.6. The molecular weight excluding hydrogens is 464 g/mol. The number of fused-ring (bicyclic) bond motifs is 1. The van der Waals surface area contributed by atoms with Gasteiger partial charge in [-0.05, 0) is 87.4 Å². The summed E-state index contributed by atoms with van der Waals surface area (Å²) in [6.07, 6.45) is 17.3. The van der Waals surface area contributed by atoms with Crippen LogP contribution in [0.4, 0.5) is 0 Å². The monoisotopic (exact) mass is 514 g/mol. The van der Waals surface area contributed by atoms with Gasteiger partial charge in [0, 0.05) is 5.92 Å². The third-order valence-electron chi connectivity index (χ3n) is 10.5. The molecule has 4 rings (SSSR count). The maximum Gasteiger partial charge on any atom is 0.315 e. The van der Waals surface area contributed by atoms with Gasteiger partial charge in [0.1, 0.15) is 0 Å². The van der Waals surface area contributed by atoms with Gasteiger partial charge in [-0.25, -0.2) is 0 Å². The van der Waals surface area contributed by atoms with Gasteiger partial charge in [0.2, 0.25) is 0 Å². The summed E-state index contributed by atoms with van der Waals surface area (Å²) < 4.78 is 5.45. The highest BCUT2D eigenvalue weighted by Crippen LogP contribution is 2.59. The predicted octanol–water partition coefficient (Wildman–Crippen LogP) is 5.88. The number of aliphatic hydroxyl groups excluding tert-OH is 3. The van der Waals surface area contributed by atoms with Crippen LogP contribution in [0, 0.1) is 34.5 Å². The van der Waals surface area contributed by atoms with Crippen LogP contribution in [0.3, 0.4) is 0 Å². The standard InChI is InChI=1S/C32H50O5/c1-5-6-18-37-30(36)32(16-17-32)29(35)14-9-21(2)25-12-13-26-24(8-7-15-31(25,26)4)11-10-23-19-27(33)22(3)28(34)20-23/h9-11,14,21-22,25-29,33-35H,5-8,12-13,15-20H2,1-4H3/t21-,22?,25+,26-,27+,28+,29+,31+/m0/s1. The zero-order chi connectivity index (χ0) is 26.8. The molecule has 4 aliphatic carbocycles. The smallest absolute Gasteiger partial charge is 0.315 e. The van der Waals surface area contributed by atoms with E-state index in [0.29, 0.717) is 50.0 Å². The van der Waals surface area contributed by atoms with E-state index in [1.807, 2.05) is 13.0 Å². The Morgan fingerprint density at radius 3 is 2.46 bits per heavy atom. The fourth-order valence-electron chi connectivity index (χ4n) is 7.56. The van der Waals surface area contributed by atoms with Gasteiger partial charge in [0.15, 0.2) is 0 Å². The number of esters is 1. The lowest BCUT2D eigenvalue weighted by atomic mass is 9.61. The normalized spacial score (nSPS) is 37.9. The Bertz CT molecular complexity index is 885. The van der Waals surface area contributed by atoms with Crippen molar-refractivity contribution < 1.29 is 24.9 Å². The molecule has 0 aromatic carbocycles. The molecule has 37 heavy (non-hydrogen) atoms. The van der Waals surface area contributed by atoms with Crippen molar-refractivity contribution in [2.75, 3.05) is 6.61 Å². The van der Waals surface area contributed by atoms with Gasteiger partial charge in [-0.2, -0.15) is 0 Å². The van der Waals surface area contributed by atoms with Crippen molar-refractivity contribution >= 4 is 5.97 Å². The number of aliphatic hydroxyl groups is 3. The van der Waals surface area contributed by atoms with Gasteiger partial charge < -0.3 is 20.1 Å². The Kier molecular flexibility index (Phi) is 9.08. The molecular formula is C32H50O5. The number of hydrogen-bond donors (Lipinski definition) is 3. The highest BCUT2D eigenvalue weighted by Gasteiger charge is 2.56. The topological polar surface area (TPSA) is 87.0 Å². The quantitative estimate of drug-likeness (QED) is 0.203. The van der Waals surface area contributed by atoms with E-state index in [0.717, 1.165) is 24.8 Å². The van der Waals surface area contributed by atoms with Gasteiger partial charge in [-0.3, -0.25) is 4.79 Å². The van der Waals surface area contributed by atoms with E-state index in [4.69, 9.17) is 4.74 Å². The fraction of sp³-hybridized carbons (Fsp3) is 0.781. The number of carbonyl (C=O) groups is 1. The Morgan fingerprint density at radius 2 is 1.81 bits per heavy atom. The molecule has 0 saturated heterocycles. The number of unbranched alkanes of at least 4 members (excludes halogenated alkanes) is 1. The summed E-state index contributed by atoms with van der Waals surface area (Å²) >= 11 is 0. The van der Waals surface area contributed by atoms with Crippen LogP contribution in [0.2, 0.25) is 0 Å². The second-order valence-corrected chi connectivity index (χ2v) is 12.9. The maximum atomic E-state index is 12.6. The molecule has 0 bridgehead atoms. The minimum Gasteiger partial charge on any atom is -0.465 e. The molecule has 5 heteroatoms. The summed E-state index contributed by atoms with van der Waals surface area (Å²) in [6, 6.07) is 0. The second kappa shape index (κ2) is 11.8. The van der Waals surface area contributed by atoms with Crippen LogP contribution in [-0.2, 0) is 9.53 Å². The first-order chi connectivity index (χ1) is 17.6. The molecule has 0 aromatic rings. The molecule has 0 heterocycles. The molecule has 0 aromatic heterocycles. The summed E-state index contributed by atoms with van der Waals surface area (Å²) in [6.45, 7) is 9.17. The van der Waals surface area contributed by atoms with Gasteiger partial charge in [0.05, 0.1) is 30.3 Å². The van der Waals surface area contributed by atoms with E-state index in [9.17, 15) is 20.1 Å². The minimum atomic E-state index is -0.772. The molecule has 4 saturated carbocycles. The summed E-state index contributed by atoms with van der Waals surface area (Å²) in [7, 11) is 0. The number of allylic oxidation sites excluding steroid dienone is 4. The van der Waals surface area contributed by atoms with Crippen LogP contribution >= 0.6 is 0 Å². The Balaban J connectivity index is 1.40. The molecule has 4 aliphatic rings. The van der Waals surface area contributed by atoms with Crippen molar-refractivity contribution in [3.8, 4) is 0 Å². The minimum absolute atomic E-state index is 0.0621. The van der Waals surface area contributed by atoms with Crippen LogP contribution < -0.4 is 0 Å². The molecule has 0 amide bonds. The first-order valence-corrected chi connectivity index (χ1v) is 14.9. The largest absolute Gasteiger partial charge is 0.465 e. The third-order valence-corrected chi connectivity index (χ3v) is 10.5. The average Bonchev–Trinajstić information content (AvgIpc) is 3.60. The number of hydrogen-bond acceptors (Lipinski definition) is 5. The lowest BCUT2D eigenvalue weighted by Crippen LogP contribution is -2.36. The predicted molar refractivity (Wildman–Crippen MR) is 147 cm³/mol. The van der Waals surface area contributed by atoms with E-state index in [1.165, 1.54) is 31.3 Å². The fourth-order valence-corrected chi connectivity index (χ4v) is 7.56. The van der Waals surface area contributed by atoms with Crippen molar-refractivity contribution in [3.05, 3.63) is 35.5 Å². The average molecular weight is 515 g/mol. The summed E-state index contributed by atoms with van der Waals surface area (Å²) in [5.74, 6) is 1.14. The Labute approximate surface area is 224 Å². The van der Waals surface area contributed by atoms with Crippen LogP contribution in [0.5, 0.6) is 0 Å². The molecule has 0 radical (unpaired) electrons. The molecule has 4 fully saturated rings. The van der Waals surface area contributed by atoms with Gasteiger partial charge in [-0.15, -0.1) is 0 Å². The van der Waals surface area contributed by atoms with E-state index in [2.05, 4.69) is 39.0 Å². The van der Waals surface area contributed by atoms with E-state index >= 15 is 0 Å². The van der Waals surface area contributed by atoms with Crippen molar-refractivity contribution in [2.24, 2.45) is 34.5 Å². The molecule has 3 N–H and O–H groups in total. The van der Waals surface area contributed by atoms with Crippen molar-refractivity contribution in [1.82, 2.24) is 0 Å². The number of carbonyl (C=O) groups excluding carboxylic acids is 1. The molecule has 0 spiro atoms. The summed E-state index contributed by atoms with van der Waals surface area (Å²) in [5.41, 5.74) is 2.18. The highest BCUT2D eigenvalue weighted by molar-refractivity contribution is 5.81. The van der Waals surface area contributed by atoms with Crippen LogP contribution in [0.25, 0.3) is 0 Å². The molecule has 0 unspecified atom stereocenters. The van der Waals surface area contributed by atoms with Gasteiger partial charge >= 0.3 is 5.97 Å². The van der Waals surface area contributed by atoms with Gasteiger partial charge in [0.25, 0.3) is 0 Å². The molecule has 0 aliphatic heterocycles. The van der Waals surface area contributed by atoms with Crippen molar-refractivity contribution in [3.63, 3.8) is 0 Å². The molecule has 5 nitrogen and oxygen atoms in total. The molecule has 7 atom stereocenters. The lowest BCUT2D eigenvalue weighted by molar-refractivity contribution is -0.153. The maximum absolute atomic E-state index is 12.6. The van der Waals surface area contributed by atoms with Crippen LogP contribution in [-0.4, -0.2) is 46.2 Å². The van der Waals surface area contributed by atoms with E-state index in [-0.39, 0.29) is 17.3 Å². The van der Waals surface area contributed by atoms with Crippen LogP contribution in [0.15, 0.2) is 35.5 Å². The Morgan fingerprint density at radius 1 is 1.11 bits per heavy atom. The van der Waals surface area contributed by atoms with E-state index < -0.39 is 23.7 Å². The number of ether oxygens (including phenoxy) is 1. The lowest BCUT2D eigenvalue weighted by Gasteiger charge is -2.44. The van der Waals surface area contributed by atoms with Gasteiger partial charge in [-0.1, -0.05) is 69.6 Å². The number of rotatable bonds is 9. The third kappa shape index (κ3) is 5.94. The zero-order valence-corrected chi connectivity index (χ0v) is 23.5. The zero-order valence-electron chi connectivity index (χ0n) is 23.5. The van der Waals surface area contributed by atoms with E-state index in [1.54, 1.807) is 0 Å². The molecule has 208 valence electrons. The first kappa shape index (κ1) is 28.6. The van der Waals surface area contributed by atoms with Crippen LogP contribution in [0.1, 0.15) is 98.3 Å².